The van der Waals surface area contributed by atoms with Gasteiger partial charge in [0, 0.05) is 0 Å². The highest BCUT2D eigenvalue weighted by Gasteiger charge is 2.24. The van der Waals surface area contributed by atoms with Crippen LogP contribution in [0.3, 0.4) is 0 Å². The van der Waals surface area contributed by atoms with Crippen molar-refractivity contribution in [2.24, 2.45) is 5.41 Å². The van der Waals surface area contributed by atoms with Crippen LogP contribution in [-0.2, 0) is 6.42 Å². The van der Waals surface area contributed by atoms with Gasteiger partial charge in [0.15, 0.2) is 0 Å². The van der Waals surface area contributed by atoms with Gasteiger partial charge in [-0.1, -0.05) is 82.3 Å². The van der Waals surface area contributed by atoms with E-state index >= 15 is 0 Å². The van der Waals surface area contributed by atoms with Crippen molar-refractivity contribution in [3.05, 3.63) is 71.3 Å². The lowest BCUT2D eigenvalue weighted by molar-refractivity contribution is 0.0626. The second-order valence-corrected chi connectivity index (χ2v) is 7.57. The first-order valence-corrected chi connectivity index (χ1v) is 8.73. The van der Waals surface area contributed by atoms with Gasteiger partial charge in [0.1, 0.15) is 0 Å². The van der Waals surface area contributed by atoms with E-state index in [0.29, 0.717) is 5.92 Å². The lowest BCUT2D eigenvalue weighted by Gasteiger charge is -2.27. The van der Waals surface area contributed by atoms with E-state index in [2.05, 4.69) is 76.2 Å². The maximum Gasteiger partial charge on any atom is 0.0838 e. The average molecular weight is 310 g/mol. The van der Waals surface area contributed by atoms with Gasteiger partial charge in [0.2, 0.25) is 0 Å². The predicted octanol–water partition coefficient (Wildman–Crippen LogP) is 5.89. The largest absolute Gasteiger partial charge is 0.388 e. The van der Waals surface area contributed by atoms with Gasteiger partial charge in [-0.25, -0.2) is 0 Å². The van der Waals surface area contributed by atoms with Crippen LogP contribution in [0.1, 0.15) is 69.2 Å². The first-order valence-electron chi connectivity index (χ1n) is 8.73. The third kappa shape index (κ3) is 4.94. The van der Waals surface area contributed by atoms with Crippen LogP contribution in [-0.4, -0.2) is 5.11 Å². The highest BCUT2D eigenvalue weighted by Crippen LogP contribution is 2.34. The molecule has 2 aromatic rings. The Balaban J connectivity index is 2.12. The summed E-state index contributed by atoms with van der Waals surface area (Å²) in [4.78, 5) is 0. The zero-order valence-electron chi connectivity index (χ0n) is 14.9. The number of aliphatic hydroxyl groups excluding tert-OH is 1. The molecule has 0 fully saturated rings. The molecule has 1 N–H and O–H groups in total. The second kappa shape index (κ2) is 7.79. The molecule has 2 atom stereocenters. The van der Waals surface area contributed by atoms with Gasteiger partial charge in [0.05, 0.1) is 6.10 Å². The molecule has 0 spiro atoms. The van der Waals surface area contributed by atoms with Crippen molar-refractivity contribution in [1.29, 1.82) is 0 Å². The molecule has 0 saturated carbocycles. The van der Waals surface area contributed by atoms with E-state index in [9.17, 15) is 5.11 Å². The molecule has 2 unspecified atom stereocenters. The van der Waals surface area contributed by atoms with Crippen LogP contribution < -0.4 is 0 Å². The van der Waals surface area contributed by atoms with Crippen molar-refractivity contribution in [3.8, 4) is 0 Å². The standard InChI is InChI=1S/C22H30O/c1-5-18(15-14-17-10-7-6-8-11-17)19-12-9-13-20(16-19)21(23)22(2,3)4/h6-13,16,18,21,23H,5,14-15H2,1-4H3. The summed E-state index contributed by atoms with van der Waals surface area (Å²) in [6, 6.07) is 19.2. The number of benzene rings is 2. The highest BCUT2D eigenvalue weighted by atomic mass is 16.3. The maximum atomic E-state index is 10.5. The molecule has 124 valence electrons. The van der Waals surface area contributed by atoms with E-state index in [1.54, 1.807) is 0 Å². The topological polar surface area (TPSA) is 20.2 Å². The van der Waals surface area contributed by atoms with E-state index in [0.717, 1.165) is 24.8 Å². The number of aliphatic hydroxyl groups is 1. The van der Waals surface area contributed by atoms with Crippen LogP contribution >= 0.6 is 0 Å². The van der Waals surface area contributed by atoms with Gasteiger partial charge >= 0.3 is 0 Å². The Hall–Kier alpha value is -1.60. The second-order valence-electron chi connectivity index (χ2n) is 7.57. The molecule has 2 rings (SSSR count). The smallest absolute Gasteiger partial charge is 0.0838 e. The molecule has 0 bridgehead atoms. The van der Waals surface area contributed by atoms with E-state index in [1.165, 1.54) is 11.1 Å². The molecule has 1 nitrogen and oxygen atoms in total. The zero-order valence-corrected chi connectivity index (χ0v) is 14.9. The summed E-state index contributed by atoms with van der Waals surface area (Å²) >= 11 is 0. The quantitative estimate of drug-likeness (QED) is 0.705. The SMILES string of the molecule is CCC(CCc1ccccc1)c1cccc(C(O)C(C)(C)C)c1. The van der Waals surface area contributed by atoms with Gasteiger partial charge in [-0.3, -0.25) is 0 Å². The summed E-state index contributed by atoms with van der Waals surface area (Å²) in [6.07, 6.45) is 2.96. The van der Waals surface area contributed by atoms with Crippen molar-refractivity contribution >= 4 is 0 Å². The minimum absolute atomic E-state index is 0.135. The molecule has 23 heavy (non-hydrogen) atoms. The zero-order chi connectivity index (χ0) is 16.9. The number of rotatable bonds is 6. The minimum Gasteiger partial charge on any atom is -0.388 e. The van der Waals surface area contributed by atoms with Crippen molar-refractivity contribution in [2.45, 2.75) is 59.0 Å². The van der Waals surface area contributed by atoms with Crippen molar-refractivity contribution in [3.63, 3.8) is 0 Å². The maximum absolute atomic E-state index is 10.5. The molecule has 1 heteroatoms. The fourth-order valence-electron chi connectivity index (χ4n) is 3.08. The highest BCUT2D eigenvalue weighted by molar-refractivity contribution is 5.29. The van der Waals surface area contributed by atoms with E-state index in [-0.39, 0.29) is 5.41 Å². The normalized spacial score (nSPS) is 14.5. The molecule has 0 heterocycles. The number of hydrogen-bond acceptors (Lipinski definition) is 1. The Kier molecular flexibility index (Phi) is 6.01. The van der Waals surface area contributed by atoms with Crippen LogP contribution in [0.2, 0.25) is 0 Å². The summed E-state index contributed by atoms with van der Waals surface area (Å²) < 4.78 is 0. The van der Waals surface area contributed by atoms with E-state index in [4.69, 9.17) is 0 Å². The Labute approximate surface area is 141 Å². The van der Waals surface area contributed by atoms with Crippen molar-refractivity contribution in [2.75, 3.05) is 0 Å². The van der Waals surface area contributed by atoms with Crippen LogP contribution in [0.15, 0.2) is 54.6 Å². The Morgan fingerprint density at radius 1 is 0.913 bits per heavy atom. The Morgan fingerprint density at radius 2 is 1.57 bits per heavy atom. The van der Waals surface area contributed by atoms with Gasteiger partial charge in [-0.2, -0.15) is 0 Å². The van der Waals surface area contributed by atoms with Crippen LogP contribution in [0, 0.1) is 5.41 Å². The molecule has 0 saturated heterocycles. The molecule has 0 aliphatic rings. The fourth-order valence-corrected chi connectivity index (χ4v) is 3.08. The minimum atomic E-state index is -0.422. The predicted molar refractivity (Wildman–Crippen MR) is 98.7 cm³/mol. The molecule has 0 amide bonds. The molecule has 0 aliphatic carbocycles. The summed E-state index contributed by atoms with van der Waals surface area (Å²) in [5.41, 5.74) is 3.65. The molecule has 0 aliphatic heterocycles. The van der Waals surface area contributed by atoms with Gasteiger partial charge in [0.25, 0.3) is 0 Å². The number of hydrogen-bond donors (Lipinski definition) is 1. The third-order valence-electron chi connectivity index (χ3n) is 4.64. The van der Waals surface area contributed by atoms with Crippen LogP contribution in [0.4, 0.5) is 0 Å². The van der Waals surface area contributed by atoms with Gasteiger partial charge in [-0.05, 0) is 47.3 Å². The third-order valence-corrected chi connectivity index (χ3v) is 4.64. The van der Waals surface area contributed by atoms with Crippen molar-refractivity contribution in [1.82, 2.24) is 0 Å². The molecular weight excluding hydrogens is 280 g/mol. The summed E-state index contributed by atoms with van der Waals surface area (Å²) in [5.74, 6) is 0.544. The first-order chi connectivity index (χ1) is 10.9. The lowest BCUT2D eigenvalue weighted by Crippen LogP contribution is -2.18. The fraction of sp³-hybridized carbons (Fsp3) is 0.455. The molecular formula is C22H30O. The first kappa shape index (κ1) is 17.7. The van der Waals surface area contributed by atoms with Crippen LogP contribution in [0.5, 0.6) is 0 Å². The average Bonchev–Trinajstić information content (AvgIpc) is 2.55. The Bertz CT molecular complexity index is 595. The molecule has 0 aromatic heterocycles. The van der Waals surface area contributed by atoms with Crippen molar-refractivity contribution < 1.29 is 5.11 Å². The lowest BCUT2D eigenvalue weighted by atomic mass is 9.82. The van der Waals surface area contributed by atoms with Crippen LogP contribution in [0.25, 0.3) is 0 Å². The van der Waals surface area contributed by atoms with Gasteiger partial charge in [-0.15, -0.1) is 0 Å². The monoisotopic (exact) mass is 310 g/mol. The molecule has 0 radical (unpaired) electrons. The summed E-state index contributed by atoms with van der Waals surface area (Å²) in [7, 11) is 0. The molecule has 2 aromatic carbocycles. The summed E-state index contributed by atoms with van der Waals surface area (Å²) in [5, 5.41) is 10.5. The van der Waals surface area contributed by atoms with Gasteiger partial charge < -0.3 is 5.11 Å². The summed E-state index contributed by atoms with van der Waals surface area (Å²) in [6.45, 7) is 8.49. The van der Waals surface area contributed by atoms with E-state index in [1.807, 2.05) is 6.07 Å². The van der Waals surface area contributed by atoms with E-state index < -0.39 is 6.10 Å². The Morgan fingerprint density at radius 3 is 2.17 bits per heavy atom. The number of aryl methyl sites for hydroxylation is 1.